The smallest absolute Gasteiger partial charge is 0.222 e. The van der Waals surface area contributed by atoms with Crippen molar-refractivity contribution in [2.45, 2.75) is 39.3 Å². The number of nitrogens with one attached hydrogen (secondary N) is 2. The first-order chi connectivity index (χ1) is 11.0. The van der Waals surface area contributed by atoms with E-state index in [4.69, 9.17) is 0 Å². The van der Waals surface area contributed by atoms with Crippen LogP contribution in [0.25, 0.3) is 0 Å². The number of rotatable bonds is 4. The first kappa shape index (κ1) is 17.2. The van der Waals surface area contributed by atoms with E-state index in [1.807, 2.05) is 17.9 Å². The molecule has 1 heterocycles. The standard InChI is InChI=1S/C17H25FN4O/c1-4-16(23)22-8-7-14(11-22)21-17(19-3)20-10-13-5-6-15(18)12(2)9-13/h5-6,9,14H,4,7-8,10-11H2,1-3H3,(H2,19,20,21). The summed E-state index contributed by atoms with van der Waals surface area (Å²) in [4.78, 5) is 17.8. The minimum absolute atomic E-state index is 0.192. The second-order valence-electron chi connectivity index (χ2n) is 5.83. The molecule has 1 aromatic carbocycles. The van der Waals surface area contributed by atoms with Crippen LogP contribution in [0.2, 0.25) is 0 Å². The van der Waals surface area contributed by atoms with Crippen molar-refractivity contribution in [1.82, 2.24) is 15.5 Å². The Morgan fingerprint density at radius 2 is 2.26 bits per heavy atom. The zero-order chi connectivity index (χ0) is 16.8. The van der Waals surface area contributed by atoms with Crippen LogP contribution < -0.4 is 10.6 Å². The molecular formula is C17H25FN4O. The highest BCUT2D eigenvalue weighted by Crippen LogP contribution is 2.11. The molecule has 0 aliphatic carbocycles. The van der Waals surface area contributed by atoms with Crippen LogP contribution in [0.1, 0.15) is 30.9 Å². The Kier molecular flexibility index (Phi) is 5.96. The average molecular weight is 320 g/mol. The fraction of sp³-hybridized carbons (Fsp3) is 0.529. The maximum absolute atomic E-state index is 13.3. The van der Waals surface area contributed by atoms with Crippen LogP contribution >= 0.6 is 0 Å². The number of amides is 1. The zero-order valence-electron chi connectivity index (χ0n) is 14.0. The number of halogens is 1. The second-order valence-corrected chi connectivity index (χ2v) is 5.83. The van der Waals surface area contributed by atoms with E-state index in [1.165, 1.54) is 6.07 Å². The molecule has 1 saturated heterocycles. The number of hydrogen-bond acceptors (Lipinski definition) is 2. The van der Waals surface area contributed by atoms with Crippen molar-refractivity contribution in [2.75, 3.05) is 20.1 Å². The SMILES string of the molecule is CCC(=O)N1CCC(NC(=NC)NCc2ccc(F)c(C)c2)C1. The minimum atomic E-state index is -0.192. The summed E-state index contributed by atoms with van der Waals surface area (Å²) < 4.78 is 13.3. The number of nitrogens with zero attached hydrogens (tertiary/aromatic N) is 2. The lowest BCUT2D eigenvalue weighted by molar-refractivity contribution is -0.129. The van der Waals surface area contributed by atoms with Gasteiger partial charge in [0.15, 0.2) is 5.96 Å². The van der Waals surface area contributed by atoms with Gasteiger partial charge in [-0.15, -0.1) is 0 Å². The molecule has 23 heavy (non-hydrogen) atoms. The summed E-state index contributed by atoms with van der Waals surface area (Å²) in [5.41, 5.74) is 1.64. The molecular weight excluding hydrogens is 295 g/mol. The third-order valence-electron chi connectivity index (χ3n) is 4.09. The summed E-state index contributed by atoms with van der Waals surface area (Å²) in [6.07, 6.45) is 1.46. The van der Waals surface area contributed by atoms with Gasteiger partial charge in [-0.1, -0.05) is 19.1 Å². The molecule has 2 rings (SSSR count). The lowest BCUT2D eigenvalue weighted by Gasteiger charge is -2.19. The maximum atomic E-state index is 13.3. The van der Waals surface area contributed by atoms with Crippen molar-refractivity contribution in [2.24, 2.45) is 4.99 Å². The van der Waals surface area contributed by atoms with E-state index < -0.39 is 0 Å². The number of guanidine groups is 1. The summed E-state index contributed by atoms with van der Waals surface area (Å²) >= 11 is 0. The van der Waals surface area contributed by atoms with Crippen LogP contribution in [0, 0.1) is 12.7 Å². The molecule has 0 spiro atoms. The van der Waals surface area contributed by atoms with E-state index >= 15 is 0 Å². The molecule has 126 valence electrons. The van der Waals surface area contributed by atoms with E-state index in [0.717, 1.165) is 18.5 Å². The molecule has 1 atom stereocenters. The molecule has 6 heteroatoms. The molecule has 1 unspecified atom stereocenters. The van der Waals surface area contributed by atoms with Gasteiger partial charge in [0.05, 0.1) is 0 Å². The quantitative estimate of drug-likeness (QED) is 0.657. The van der Waals surface area contributed by atoms with Gasteiger partial charge in [-0.05, 0) is 30.5 Å². The predicted octanol–water partition coefficient (Wildman–Crippen LogP) is 1.81. The van der Waals surface area contributed by atoms with Gasteiger partial charge in [-0.25, -0.2) is 4.39 Å². The Bertz CT molecular complexity index is 588. The monoisotopic (exact) mass is 320 g/mol. The Morgan fingerprint density at radius 3 is 2.91 bits per heavy atom. The van der Waals surface area contributed by atoms with Crippen molar-refractivity contribution in [1.29, 1.82) is 0 Å². The van der Waals surface area contributed by atoms with E-state index in [1.54, 1.807) is 20.0 Å². The summed E-state index contributed by atoms with van der Waals surface area (Å²) in [6.45, 7) is 5.71. The van der Waals surface area contributed by atoms with Crippen LogP contribution in [0.15, 0.2) is 23.2 Å². The molecule has 1 aromatic rings. The number of likely N-dealkylation sites (tertiary alicyclic amines) is 1. The Hall–Kier alpha value is -2.11. The van der Waals surface area contributed by atoms with Crippen LogP contribution in [0.5, 0.6) is 0 Å². The molecule has 1 amide bonds. The van der Waals surface area contributed by atoms with Gasteiger partial charge < -0.3 is 15.5 Å². The van der Waals surface area contributed by atoms with Crippen LogP contribution in [-0.2, 0) is 11.3 Å². The number of aryl methyl sites for hydroxylation is 1. The first-order valence-electron chi connectivity index (χ1n) is 8.03. The van der Waals surface area contributed by atoms with Gasteiger partial charge in [-0.3, -0.25) is 9.79 Å². The van der Waals surface area contributed by atoms with Crippen molar-refractivity contribution in [3.63, 3.8) is 0 Å². The van der Waals surface area contributed by atoms with Crippen molar-refractivity contribution < 1.29 is 9.18 Å². The third-order valence-corrected chi connectivity index (χ3v) is 4.09. The largest absolute Gasteiger partial charge is 0.352 e. The third kappa shape index (κ3) is 4.68. The van der Waals surface area contributed by atoms with E-state index in [2.05, 4.69) is 15.6 Å². The molecule has 1 fully saturated rings. The number of carbonyl (C=O) groups excluding carboxylic acids is 1. The highest BCUT2D eigenvalue weighted by molar-refractivity contribution is 5.80. The molecule has 2 N–H and O–H groups in total. The van der Waals surface area contributed by atoms with Crippen LogP contribution in [0.4, 0.5) is 4.39 Å². The lowest BCUT2D eigenvalue weighted by Crippen LogP contribution is -2.44. The minimum Gasteiger partial charge on any atom is -0.352 e. The fourth-order valence-corrected chi connectivity index (χ4v) is 2.72. The second kappa shape index (κ2) is 7.94. The van der Waals surface area contributed by atoms with E-state index in [9.17, 15) is 9.18 Å². The molecule has 5 nitrogen and oxygen atoms in total. The topological polar surface area (TPSA) is 56.7 Å². The average Bonchev–Trinajstić information content (AvgIpc) is 3.02. The molecule has 0 bridgehead atoms. The van der Waals surface area contributed by atoms with Gasteiger partial charge in [0.1, 0.15) is 5.82 Å². The van der Waals surface area contributed by atoms with Crippen LogP contribution in [0.3, 0.4) is 0 Å². The van der Waals surface area contributed by atoms with Crippen LogP contribution in [-0.4, -0.2) is 42.9 Å². The van der Waals surface area contributed by atoms with Crippen molar-refractivity contribution in [3.8, 4) is 0 Å². The van der Waals surface area contributed by atoms with E-state index in [0.29, 0.717) is 31.0 Å². The summed E-state index contributed by atoms with van der Waals surface area (Å²) in [7, 11) is 1.72. The predicted molar refractivity (Wildman–Crippen MR) is 89.7 cm³/mol. The van der Waals surface area contributed by atoms with Crippen molar-refractivity contribution in [3.05, 3.63) is 35.1 Å². The van der Waals surface area contributed by atoms with Crippen molar-refractivity contribution >= 4 is 11.9 Å². The van der Waals surface area contributed by atoms with Gasteiger partial charge in [0.2, 0.25) is 5.91 Å². The highest BCUT2D eigenvalue weighted by Gasteiger charge is 2.25. The number of benzene rings is 1. The molecule has 0 saturated carbocycles. The van der Waals surface area contributed by atoms with E-state index in [-0.39, 0.29) is 17.8 Å². The summed E-state index contributed by atoms with van der Waals surface area (Å²) in [5, 5.41) is 6.57. The molecule has 0 radical (unpaired) electrons. The Morgan fingerprint density at radius 1 is 1.48 bits per heavy atom. The molecule has 0 aromatic heterocycles. The maximum Gasteiger partial charge on any atom is 0.222 e. The fourth-order valence-electron chi connectivity index (χ4n) is 2.72. The van der Waals surface area contributed by atoms with Gasteiger partial charge in [-0.2, -0.15) is 0 Å². The number of hydrogen-bond donors (Lipinski definition) is 2. The number of carbonyl (C=O) groups is 1. The normalized spacial score (nSPS) is 18.2. The Balaban J connectivity index is 1.84. The molecule has 1 aliphatic rings. The summed E-state index contributed by atoms with van der Waals surface area (Å²) in [5.74, 6) is 0.699. The van der Waals surface area contributed by atoms with Gasteiger partial charge in [0, 0.05) is 39.1 Å². The Labute approximate surface area is 137 Å². The van der Waals surface area contributed by atoms with Gasteiger partial charge in [0.25, 0.3) is 0 Å². The molecule has 1 aliphatic heterocycles. The van der Waals surface area contributed by atoms with Gasteiger partial charge >= 0.3 is 0 Å². The number of aliphatic imine (C=N–C) groups is 1. The zero-order valence-corrected chi connectivity index (χ0v) is 14.0. The summed E-state index contributed by atoms with van der Waals surface area (Å²) in [6, 6.07) is 5.28. The lowest BCUT2D eigenvalue weighted by atomic mass is 10.1. The highest BCUT2D eigenvalue weighted by atomic mass is 19.1. The first-order valence-corrected chi connectivity index (χ1v) is 8.03.